The molecule has 0 saturated heterocycles. The molecular weight excluding hydrogens is 586 g/mol. The molecule has 236 valence electrons. The number of likely N-dealkylation sites (N-methyl/N-ethyl adjacent to an activating group) is 1. The highest BCUT2D eigenvalue weighted by Crippen LogP contribution is 2.29. The molecular formula is C36H41N3O5S. The number of rotatable bonds is 13. The van der Waals surface area contributed by atoms with Gasteiger partial charge in [-0.05, 0) is 74.7 Å². The summed E-state index contributed by atoms with van der Waals surface area (Å²) in [6.07, 6.45) is 0.247. The Morgan fingerprint density at radius 1 is 0.822 bits per heavy atom. The van der Waals surface area contributed by atoms with Crippen LogP contribution in [0.3, 0.4) is 0 Å². The molecule has 2 amide bonds. The highest BCUT2D eigenvalue weighted by molar-refractivity contribution is 7.92. The molecule has 0 unspecified atom stereocenters. The number of amides is 2. The fourth-order valence-corrected chi connectivity index (χ4v) is 6.73. The van der Waals surface area contributed by atoms with E-state index in [2.05, 4.69) is 5.32 Å². The van der Waals surface area contributed by atoms with Crippen LogP contribution in [0.25, 0.3) is 0 Å². The third kappa shape index (κ3) is 8.30. The van der Waals surface area contributed by atoms with Crippen LogP contribution in [-0.4, -0.2) is 51.4 Å². The van der Waals surface area contributed by atoms with Crippen LogP contribution in [0.4, 0.5) is 5.69 Å². The Labute approximate surface area is 266 Å². The number of carbonyl (C=O) groups excluding carboxylic acids is 2. The van der Waals surface area contributed by atoms with Crippen molar-refractivity contribution in [2.75, 3.05) is 24.5 Å². The Balaban J connectivity index is 1.83. The standard InChI is InChI=1S/C36H41N3O5S/c1-6-37-36(41)34(23-29-11-8-7-9-12-29)38(24-30-13-10-14-31(22-30)44-5)35(40)25-39(33-20-17-27(3)21-28(33)4)45(42,43)32-18-15-26(2)16-19-32/h7-22,34H,6,23-25H2,1-5H3,(H,37,41)/t34-/m1/s1. The lowest BCUT2D eigenvalue weighted by Crippen LogP contribution is -2.53. The van der Waals surface area contributed by atoms with Crippen molar-refractivity contribution in [1.82, 2.24) is 10.2 Å². The molecule has 4 aromatic rings. The van der Waals surface area contributed by atoms with Crippen molar-refractivity contribution in [2.45, 2.75) is 51.6 Å². The van der Waals surface area contributed by atoms with Gasteiger partial charge in [-0.25, -0.2) is 8.42 Å². The van der Waals surface area contributed by atoms with Gasteiger partial charge in [0.25, 0.3) is 10.0 Å². The van der Waals surface area contributed by atoms with E-state index in [1.54, 1.807) is 43.5 Å². The molecule has 4 aromatic carbocycles. The Morgan fingerprint density at radius 3 is 2.13 bits per heavy atom. The summed E-state index contributed by atoms with van der Waals surface area (Å²) in [6, 6.07) is 27.8. The SMILES string of the molecule is CCNC(=O)[C@@H](Cc1ccccc1)N(Cc1cccc(OC)c1)C(=O)CN(c1ccc(C)cc1C)S(=O)(=O)c1ccc(C)cc1. The van der Waals surface area contributed by atoms with Crippen LogP contribution in [0.5, 0.6) is 5.75 Å². The van der Waals surface area contributed by atoms with Gasteiger partial charge in [0.2, 0.25) is 11.8 Å². The molecule has 45 heavy (non-hydrogen) atoms. The van der Waals surface area contributed by atoms with E-state index >= 15 is 0 Å². The molecule has 0 aliphatic carbocycles. The number of nitrogens with zero attached hydrogens (tertiary/aromatic N) is 2. The summed E-state index contributed by atoms with van der Waals surface area (Å²) in [5.74, 6) is -0.228. The number of anilines is 1. The van der Waals surface area contributed by atoms with E-state index in [1.165, 1.54) is 4.90 Å². The maximum atomic E-state index is 14.5. The molecule has 0 aliphatic rings. The number of carbonyl (C=O) groups is 2. The van der Waals surface area contributed by atoms with Crippen LogP contribution in [0.2, 0.25) is 0 Å². The summed E-state index contributed by atoms with van der Waals surface area (Å²) in [7, 11) is -2.61. The Bertz CT molecular complexity index is 1720. The van der Waals surface area contributed by atoms with Crippen molar-refractivity contribution in [1.29, 1.82) is 0 Å². The molecule has 0 heterocycles. The molecule has 0 aliphatic heterocycles. The summed E-state index contributed by atoms with van der Waals surface area (Å²) in [4.78, 5) is 29.7. The lowest BCUT2D eigenvalue weighted by atomic mass is 10.0. The van der Waals surface area contributed by atoms with E-state index in [-0.39, 0.29) is 23.8 Å². The van der Waals surface area contributed by atoms with Crippen LogP contribution in [0, 0.1) is 20.8 Å². The number of aryl methyl sites for hydroxylation is 3. The zero-order chi connectivity index (χ0) is 32.6. The quantitative estimate of drug-likeness (QED) is 0.209. The van der Waals surface area contributed by atoms with Crippen LogP contribution < -0.4 is 14.4 Å². The molecule has 9 heteroatoms. The van der Waals surface area contributed by atoms with Gasteiger partial charge in [-0.2, -0.15) is 0 Å². The lowest BCUT2D eigenvalue weighted by Gasteiger charge is -2.34. The molecule has 0 bridgehead atoms. The largest absolute Gasteiger partial charge is 0.497 e. The summed E-state index contributed by atoms with van der Waals surface area (Å²) < 4.78 is 35.0. The number of methoxy groups -OCH3 is 1. The topological polar surface area (TPSA) is 96.0 Å². The van der Waals surface area contributed by atoms with Crippen molar-refractivity contribution in [3.8, 4) is 5.75 Å². The number of hydrogen-bond donors (Lipinski definition) is 1. The predicted molar refractivity (Wildman–Crippen MR) is 178 cm³/mol. The van der Waals surface area contributed by atoms with E-state index in [0.717, 1.165) is 26.6 Å². The summed E-state index contributed by atoms with van der Waals surface area (Å²) in [6.45, 7) is 7.39. The monoisotopic (exact) mass is 627 g/mol. The predicted octanol–water partition coefficient (Wildman–Crippen LogP) is 5.59. The third-order valence-corrected chi connectivity index (χ3v) is 9.39. The number of ether oxygens (including phenoxy) is 1. The number of benzene rings is 4. The second kappa shape index (κ2) is 14.9. The number of nitrogens with one attached hydrogen (secondary N) is 1. The van der Waals surface area contributed by atoms with Gasteiger partial charge in [-0.3, -0.25) is 13.9 Å². The average Bonchev–Trinajstić information content (AvgIpc) is 3.02. The van der Waals surface area contributed by atoms with Gasteiger partial charge < -0.3 is 15.0 Å². The van der Waals surface area contributed by atoms with Gasteiger partial charge in [0.15, 0.2) is 0 Å². The van der Waals surface area contributed by atoms with Crippen molar-refractivity contribution < 1.29 is 22.7 Å². The second-order valence-electron chi connectivity index (χ2n) is 11.1. The van der Waals surface area contributed by atoms with E-state index in [9.17, 15) is 18.0 Å². The molecule has 8 nitrogen and oxygen atoms in total. The van der Waals surface area contributed by atoms with Gasteiger partial charge in [-0.15, -0.1) is 0 Å². The second-order valence-corrected chi connectivity index (χ2v) is 13.0. The average molecular weight is 628 g/mol. The smallest absolute Gasteiger partial charge is 0.264 e. The minimum absolute atomic E-state index is 0.0654. The lowest BCUT2D eigenvalue weighted by molar-refractivity contribution is -0.140. The van der Waals surface area contributed by atoms with Gasteiger partial charge in [0.1, 0.15) is 18.3 Å². The van der Waals surface area contributed by atoms with Gasteiger partial charge in [0.05, 0.1) is 17.7 Å². The molecule has 0 radical (unpaired) electrons. The Morgan fingerprint density at radius 2 is 1.49 bits per heavy atom. The van der Waals surface area contributed by atoms with Crippen LogP contribution in [0.15, 0.2) is 102 Å². The number of sulfonamides is 1. The zero-order valence-electron chi connectivity index (χ0n) is 26.5. The molecule has 0 fully saturated rings. The van der Waals surface area contributed by atoms with E-state index in [0.29, 0.717) is 23.5 Å². The Kier molecular flexibility index (Phi) is 11.0. The fraction of sp³-hybridized carbons (Fsp3) is 0.278. The van der Waals surface area contributed by atoms with Gasteiger partial charge in [-0.1, -0.05) is 77.9 Å². The van der Waals surface area contributed by atoms with Gasteiger partial charge >= 0.3 is 0 Å². The van der Waals surface area contributed by atoms with Gasteiger partial charge in [0, 0.05) is 19.5 Å². The summed E-state index contributed by atoms with van der Waals surface area (Å²) in [5.41, 5.74) is 4.60. The molecule has 0 aromatic heterocycles. The van der Waals surface area contributed by atoms with Crippen molar-refractivity contribution in [3.63, 3.8) is 0 Å². The third-order valence-electron chi connectivity index (χ3n) is 7.62. The molecule has 1 N–H and O–H groups in total. The van der Waals surface area contributed by atoms with E-state index < -0.39 is 28.5 Å². The van der Waals surface area contributed by atoms with Crippen LogP contribution in [-0.2, 0) is 32.6 Å². The van der Waals surface area contributed by atoms with E-state index in [4.69, 9.17) is 4.74 Å². The maximum Gasteiger partial charge on any atom is 0.264 e. The summed E-state index contributed by atoms with van der Waals surface area (Å²) >= 11 is 0. The van der Waals surface area contributed by atoms with Crippen molar-refractivity contribution in [2.24, 2.45) is 0 Å². The molecule has 0 spiro atoms. The molecule has 0 saturated carbocycles. The summed E-state index contributed by atoms with van der Waals surface area (Å²) in [5, 5.41) is 2.88. The van der Waals surface area contributed by atoms with Crippen LogP contribution >= 0.6 is 0 Å². The first kappa shape index (κ1) is 33.3. The maximum absolute atomic E-state index is 14.5. The fourth-order valence-electron chi connectivity index (χ4n) is 5.25. The molecule has 4 rings (SSSR count). The first-order valence-electron chi connectivity index (χ1n) is 14.9. The van der Waals surface area contributed by atoms with E-state index in [1.807, 2.05) is 88.4 Å². The highest BCUT2D eigenvalue weighted by Gasteiger charge is 2.35. The normalized spacial score (nSPS) is 11.8. The first-order chi connectivity index (χ1) is 21.5. The Hall–Kier alpha value is -4.63. The number of hydrogen-bond acceptors (Lipinski definition) is 5. The highest BCUT2D eigenvalue weighted by atomic mass is 32.2. The van der Waals surface area contributed by atoms with Crippen molar-refractivity contribution >= 4 is 27.5 Å². The minimum atomic E-state index is -4.17. The molecule has 1 atom stereocenters. The first-order valence-corrected chi connectivity index (χ1v) is 16.4. The van der Waals surface area contributed by atoms with Crippen LogP contribution in [0.1, 0.15) is 34.7 Å². The van der Waals surface area contributed by atoms with Crippen molar-refractivity contribution in [3.05, 3.63) is 125 Å². The zero-order valence-corrected chi connectivity index (χ0v) is 27.3. The minimum Gasteiger partial charge on any atom is -0.497 e.